The number of hydrogen-bond donors (Lipinski definition) is 0. The average Bonchev–Trinajstić information content (AvgIpc) is 3.45. The highest BCUT2D eigenvalue weighted by molar-refractivity contribution is 6.10. The van der Waals surface area contributed by atoms with E-state index in [1.54, 1.807) is 12.3 Å². The van der Waals surface area contributed by atoms with Crippen LogP contribution in [0.15, 0.2) is 108 Å². The molecule has 0 amide bonds. The number of aromatic nitrogens is 4. The first-order valence-electron chi connectivity index (χ1n) is 13.1. The summed E-state index contributed by atoms with van der Waals surface area (Å²) in [6.45, 7) is 8.31. The van der Waals surface area contributed by atoms with Gasteiger partial charge in [-0.3, -0.25) is 4.98 Å². The molecule has 188 valence electrons. The normalized spacial score (nSPS) is 13.7. The number of nitrogens with zero attached hydrogens (tertiary/aromatic N) is 4. The molecule has 3 aromatic carbocycles. The van der Waals surface area contributed by atoms with Crippen LogP contribution in [0.5, 0.6) is 0 Å². The molecular formula is C34H26N4O. The van der Waals surface area contributed by atoms with E-state index in [4.69, 9.17) is 14.4 Å². The minimum atomic E-state index is -0.151. The van der Waals surface area contributed by atoms with E-state index in [0.29, 0.717) is 29.6 Å². The van der Waals surface area contributed by atoms with E-state index in [2.05, 4.69) is 72.9 Å². The molecule has 7 rings (SSSR count). The molecule has 0 aliphatic heterocycles. The third kappa shape index (κ3) is 3.69. The second kappa shape index (κ2) is 8.84. The average molecular weight is 507 g/mol. The van der Waals surface area contributed by atoms with E-state index >= 15 is 0 Å². The first-order chi connectivity index (χ1) is 19.0. The van der Waals surface area contributed by atoms with Crippen LogP contribution in [-0.2, 0) is 11.8 Å². The van der Waals surface area contributed by atoms with E-state index in [-0.39, 0.29) is 5.41 Å². The molecular weight excluding hydrogens is 480 g/mol. The Morgan fingerprint density at radius 3 is 2.54 bits per heavy atom. The standard InChI is InChI=1S/C34H26N4O/c1-4-5-6-14-29-36-32(38-33(37-29)27-13-9-10-19-35-27)21-15-18-28-25(20-21)24-17-16-23-22-11-7-8-12-26(22)34(2,3)30(23)31(24)39-28/h4-13,15-20H,1,14H2,2-3H3/b6-5-. The number of hydrogen-bond acceptors (Lipinski definition) is 5. The highest BCUT2D eigenvalue weighted by Crippen LogP contribution is 2.52. The lowest BCUT2D eigenvalue weighted by atomic mass is 9.82. The van der Waals surface area contributed by atoms with Gasteiger partial charge in [0.2, 0.25) is 0 Å². The molecule has 0 fully saturated rings. The Morgan fingerprint density at radius 1 is 0.846 bits per heavy atom. The van der Waals surface area contributed by atoms with Crippen molar-refractivity contribution in [2.24, 2.45) is 0 Å². The second-order valence-corrected chi connectivity index (χ2v) is 10.3. The quantitative estimate of drug-likeness (QED) is 0.221. The Bertz CT molecular complexity index is 1930. The highest BCUT2D eigenvalue weighted by Gasteiger charge is 2.38. The van der Waals surface area contributed by atoms with E-state index in [0.717, 1.165) is 27.5 Å². The van der Waals surface area contributed by atoms with Crippen LogP contribution in [0.25, 0.3) is 56.0 Å². The first-order valence-corrected chi connectivity index (χ1v) is 13.1. The molecule has 3 heterocycles. The number of fused-ring (bicyclic) bond motifs is 7. The zero-order chi connectivity index (χ0) is 26.6. The van der Waals surface area contributed by atoms with Crippen LogP contribution >= 0.6 is 0 Å². The van der Waals surface area contributed by atoms with Crippen molar-refractivity contribution in [2.45, 2.75) is 25.7 Å². The van der Waals surface area contributed by atoms with E-state index in [9.17, 15) is 0 Å². The molecule has 0 bridgehead atoms. The molecule has 0 spiro atoms. The molecule has 0 N–H and O–H groups in total. The maximum absolute atomic E-state index is 6.55. The fourth-order valence-electron chi connectivity index (χ4n) is 5.74. The van der Waals surface area contributed by atoms with Gasteiger partial charge in [0.15, 0.2) is 11.6 Å². The maximum atomic E-state index is 6.55. The van der Waals surface area contributed by atoms with Gasteiger partial charge in [0.25, 0.3) is 0 Å². The molecule has 1 aliphatic rings. The zero-order valence-corrected chi connectivity index (χ0v) is 21.8. The van der Waals surface area contributed by atoms with Crippen LogP contribution in [-0.4, -0.2) is 19.9 Å². The van der Waals surface area contributed by atoms with Gasteiger partial charge in [-0.15, -0.1) is 0 Å². The summed E-state index contributed by atoms with van der Waals surface area (Å²) >= 11 is 0. The summed E-state index contributed by atoms with van der Waals surface area (Å²) in [7, 11) is 0. The van der Waals surface area contributed by atoms with Gasteiger partial charge in [-0.1, -0.05) is 75.1 Å². The summed E-state index contributed by atoms with van der Waals surface area (Å²) in [6.07, 6.45) is 7.95. The van der Waals surface area contributed by atoms with E-state index in [1.807, 2.05) is 42.5 Å². The Morgan fingerprint density at radius 2 is 1.69 bits per heavy atom. The molecule has 0 atom stereocenters. The summed E-state index contributed by atoms with van der Waals surface area (Å²) < 4.78 is 6.55. The lowest BCUT2D eigenvalue weighted by Crippen LogP contribution is -2.15. The van der Waals surface area contributed by atoms with Crippen molar-refractivity contribution in [3.05, 3.63) is 121 Å². The molecule has 3 aromatic heterocycles. The molecule has 0 unspecified atom stereocenters. The maximum Gasteiger partial charge on any atom is 0.182 e. The number of benzene rings is 3. The minimum absolute atomic E-state index is 0.151. The summed E-state index contributed by atoms with van der Waals surface area (Å²) in [5.74, 6) is 1.84. The molecule has 1 aliphatic carbocycles. The fourth-order valence-corrected chi connectivity index (χ4v) is 5.74. The molecule has 0 saturated heterocycles. The van der Waals surface area contributed by atoms with Crippen molar-refractivity contribution in [1.29, 1.82) is 0 Å². The number of rotatable bonds is 5. The van der Waals surface area contributed by atoms with Crippen LogP contribution < -0.4 is 0 Å². The lowest BCUT2D eigenvalue weighted by Gasteiger charge is -2.21. The summed E-state index contributed by atoms with van der Waals surface area (Å²) in [6, 6.07) is 25.0. The molecule has 6 aromatic rings. The van der Waals surface area contributed by atoms with Crippen LogP contribution in [0.1, 0.15) is 30.8 Å². The predicted molar refractivity (Wildman–Crippen MR) is 156 cm³/mol. The molecule has 39 heavy (non-hydrogen) atoms. The number of pyridine rings is 1. The summed E-state index contributed by atoms with van der Waals surface area (Å²) in [4.78, 5) is 18.8. The van der Waals surface area contributed by atoms with Crippen molar-refractivity contribution in [3.63, 3.8) is 0 Å². The van der Waals surface area contributed by atoms with E-state index < -0.39 is 0 Å². The van der Waals surface area contributed by atoms with Gasteiger partial charge in [0.1, 0.15) is 22.7 Å². The Balaban J connectivity index is 1.40. The Labute approximate surface area is 226 Å². The zero-order valence-electron chi connectivity index (χ0n) is 21.8. The van der Waals surface area contributed by atoms with Gasteiger partial charge in [-0.05, 0) is 53.1 Å². The summed E-state index contributed by atoms with van der Waals surface area (Å²) in [5, 5.41) is 2.14. The smallest absolute Gasteiger partial charge is 0.182 e. The van der Waals surface area contributed by atoms with Crippen LogP contribution in [0.4, 0.5) is 0 Å². The van der Waals surface area contributed by atoms with E-state index in [1.165, 1.54) is 22.3 Å². The molecule has 5 heteroatoms. The van der Waals surface area contributed by atoms with Crippen molar-refractivity contribution in [1.82, 2.24) is 19.9 Å². The number of allylic oxidation sites excluding steroid dienone is 3. The predicted octanol–water partition coefficient (Wildman–Crippen LogP) is 8.09. The highest BCUT2D eigenvalue weighted by atomic mass is 16.3. The van der Waals surface area contributed by atoms with Gasteiger partial charge in [0, 0.05) is 39.9 Å². The van der Waals surface area contributed by atoms with Crippen LogP contribution in [0.2, 0.25) is 0 Å². The van der Waals surface area contributed by atoms with Crippen LogP contribution in [0.3, 0.4) is 0 Å². The fraction of sp³-hybridized carbons (Fsp3) is 0.118. The molecule has 5 nitrogen and oxygen atoms in total. The second-order valence-electron chi connectivity index (χ2n) is 10.3. The molecule has 0 saturated carbocycles. The minimum Gasteiger partial charge on any atom is -0.456 e. The van der Waals surface area contributed by atoms with Crippen LogP contribution in [0, 0.1) is 0 Å². The van der Waals surface area contributed by atoms with Gasteiger partial charge in [-0.2, -0.15) is 0 Å². The Kier molecular flexibility index (Phi) is 5.27. The lowest BCUT2D eigenvalue weighted by molar-refractivity contribution is 0.620. The first kappa shape index (κ1) is 23.2. The van der Waals surface area contributed by atoms with Gasteiger partial charge in [-0.25, -0.2) is 15.0 Å². The van der Waals surface area contributed by atoms with Gasteiger partial charge in [0.05, 0.1) is 0 Å². The van der Waals surface area contributed by atoms with Crippen molar-refractivity contribution < 1.29 is 4.42 Å². The third-order valence-corrected chi connectivity index (χ3v) is 7.56. The van der Waals surface area contributed by atoms with Crippen molar-refractivity contribution in [2.75, 3.05) is 0 Å². The van der Waals surface area contributed by atoms with Crippen molar-refractivity contribution in [3.8, 4) is 34.0 Å². The van der Waals surface area contributed by atoms with Gasteiger partial charge < -0.3 is 4.42 Å². The van der Waals surface area contributed by atoms with Gasteiger partial charge >= 0.3 is 0 Å². The topological polar surface area (TPSA) is 64.7 Å². The number of furan rings is 1. The molecule has 0 radical (unpaired) electrons. The van der Waals surface area contributed by atoms with Crippen molar-refractivity contribution >= 4 is 21.9 Å². The third-order valence-electron chi connectivity index (χ3n) is 7.56. The monoisotopic (exact) mass is 506 g/mol. The SMILES string of the molecule is C=C/C=C\Cc1nc(-c2ccc3oc4c5c(ccc4c3c2)-c2ccccc2C5(C)C)nc(-c2ccccn2)n1. The largest absolute Gasteiger partial charge is 0.456 e. The summed E-state index contributed by atoms with van der Waals surface area (Å²) in [5.41, 5.74) is 8.36. The Hall–Kier alpha value is -4.90.